The molecule has 1 N–H and O–H groups in total. The number of ether oxygens (including phenoxy) is 3. The van der Waals surface area contributed by atoms with Crippen molar-refractivity contribution >= 4 is 0 Å². The van der Waals surface area contributed by atoms with Crippen LogP contribution in [0, 0.1) is 5.92 Å². The van der Waals surface area contributed by atoms with Crippen molar-refractivity contribution in [3.63, 3.8) is 0 Å². The van der Waals surface area contributed by atoms with E-state index in [2.05, 4.69) is 0 Å². The quantitative estimate of drug-likeness (QED) is 0.745. The van der Waals surface area contributed by atoms with Gasteiger partial charge in [0, 0.05) is 19.6 Å². The molecule has 4 atom stereocenters. The Morgan fingerprint density at radius 2 is 1.93 bits per heavy atom. The van der Waals surface area contributed by atoms with Crippen LogP contribution in [-0.2, 0) is 14.2 Å². The molecule has 0 aromatic rings. The number of hydrogen-bond donors (Lipinski definition) is 1. The molecule has 0 spiro atoms. The van der Waals surface area contributed by atoms with Crippen molar-refractivity contribution in [2.24, 2.45) is 5.92 Å². The molecule has 0 aromatic heterocycles. The lowest BCUT2D eigenvalue weighted by Crippen LogP contribution is -2.46. The van der Waals surface area contributed by atoms with Crippen LogP contribution in [0.25, 0.3) is 0 Å². The Bertz CT molecular complexity index is 207. The summed E-state index contributed by atoms with van der Waals surface area (Å²) >= 11 is 0. The van der Waals surface area contributed by atoms with Crippen molar-refractivity contribution in [1.82, 2.24) is 0 Å². The van der Waals surface area contributed by atoms with Gasteiger partial charge in [-0.1, -0.05) is 0 Å². The molecule has 0 unspecified atom stereocenters. The first-order valence-electron chi connectivity index (χ1n) is 5.56. The van der Waals surface area contributed by atoms with E-state index < -0.39 is 5.79 Å². The molecule has 88 valence electrons. The largest absolute Gasteiger partial charge is 0.396 e. The van der Waals surface area contributed by atoms with E-state index in [4.69, 9.17) is 14.2 Å². The van der Waals surface area contributed by atoms with Crippen LogP contribution in [-0.4, -0.2) is 42.9 Å². The van der Waals surface area contributed by atoms with Crippen LogP contribution < -0.4 is 0 Å². The van der Waals surface area contributed by atoms with Crippen LogP contribution in [0.4, 0.5) is 0 Å². The van der Waals surface area contributed by atoms with Gasteiger partial charge in [0.05, 0.1) is 12.2 Å². The molecule has 2 fully saturated rings. The van der Waals surface area contributed by atoms with Crippen molar-refractivity contribution in [2.75, 3.05) is 13.7 Å². The van der Waals surface area contributed by atoms with Crippen LogP contribution >= 0.6 is 0 Å². The fourth-order valence-electron chi connectivity index (χ4n) is 2.62. The summed E-state index contributed by atoms with van der Waals surface area (Å²) in [5.74, 6) is -0.368. The van der Waals surface area contributed by atoms with Gasteiger partial charge >= 0.3 is 0 Å². The second-order valence-corrected chi connectivity index (χ2v) is 4.86. The molecule has 1 aliphatic heterocycles. The highest BCUT2D eigenvalue weighted by Gasteiger charge is 2.50. The van der Waals surface area contributed by atoms with Crippen molar-refractivity contribution in [3.8, 4) is 0 Å². The number of hydrogen-bond acceptors (Lipinski definition) is 4. The normalized spacial score (nSPS) is 44.0. The third kappa shape index (κ3) is 2.04. The second kappa shape index (κ2) is 4.01. The van der Waals surface area contributed by atoms with E-state index >= 15 is 0 Å². The summed E-state index contributed by atoms with van der Waals surface area (Å²) in [6.45, 7) is 3.98. The van der Waals surface area contributed by atoms with E-state index in [-0.39, 0.29) is 30.8 Å². The first kappa shape index (κ1) is 11.3. The summed E-state index contributed by atoms with van der Waals surface area (Å²) in [6.07, 6.45) is 1.91. The van der Waals surface area contributed by atoms with E-state index in [1.165, 1.54) is 0 Å². The summed E-state index contributed by atoms with van der Waals surface area (Å²) in [4.78, 5) is 0. The van der Waals surface area contributed by atoms with Gasteiger partial charge in [0.25, 0.3) is 0 Å². The van der Waals surface area contributed by atoms with Gasteiger partial charge in [-0.3, -0.25) is 0 Å². The van der Waals surface area contributed by atoms with Gasteiger partial charge in [-0.2, -0.15) is 0 Å². The molecule has 15 heavy (non-hydrogen) atoms. The van der Waals surface area contributed by atoms with Gasteiger partial charge in [0.1, 0.15) is 6.10 Å². The maximum absolute atomic E-state index is 9.29. The van der Waals surface area contributed by atoms with Crippen LogP contribution in [0.3, 0.4) is 0 Å². The number of aliphatic hydroxyl groups is 1. The Hall–Kier alpha value is -0.160. The average molecular weight is 216 g/mol. The van der Waals surface area contributed by atoms with E-state index in [9.17, 15) is 5.11 Å². The van der Waals surface area contributed by atoms with E-state index in [1.807, 2.05) is 13.8 Å². The number of methoxy groups -OCH3 is 1. The van der Waals surface area contributed by atoms with Crippen LogP contribution in [0.5, 0.6) is 0 Å². The SMILES string of the molecule is CO[C@@H]1CC[C@@H](CO)[C@H]2OC(C)(C)O[C@@H]21. The summed E-state index contributed by atoms with van der Waals surface area (Å²) in [7, 11) is 1.70. The molecule has 0 amide bonds. The van der Waals surface area contributed by atoms with Gasteiger partial charge in [-0.25, -0.2) is 0 Å². The standard InChI is InChI=1S/C11H20O4/c1-11(2)14-9-7(6-12)4-5-8(13-3)10(9)15-11/h7-10,12H,4-6H2,1-3H3/t7-,8+,9+,10+/m0/s1. The van der Waals surface area contributed by atoms with Crippen molar-refractivity contribution in [2.45, 2.75) is 50.8 Å². The highest BCUT2D eigenvalue weighted by molar-refractivity contribution is 4.95. The Labute approximate surface area is 90.5 Å². The summed E-state index contributed by atoms with van der Waals surface area (Å²) < 4.78 is 17.1. The lowest BCUT2D eigenvalue weighted by atomic mass is 9.83. The number of aliphatic hydroxyl groups excluding tert-OH is 1. The van der Waals surface area contributed by atoms with Gasteiger partial charge in [0.15, 0.2) is 5.79 Å². The lowest BCUT2D eigenvalue weighted by Gasteiger charge is -2.35. The topological polar surface area (TPSA) is 47.9 Å². The third-order valence-electron chi connectivity index (χ3n) is 3.35. The predicted octanol–water partition coefficient (Wildman–Crippen LogP) is 0.924. The second-order valence-electron chi connectivity index (χ2n) is 4.86. The average Bonchev–Trinajstić information content (AvgIpc) is 2.51. The van der Waals surface area contributed by atoms with E-state index in [0.717, 1.165) is 12.8 Å². The molecular weight excluding hydrogens is 196 g/mol. The maximum Gasteiger partial charge on any atom is 0.163 e. The summed E-state index contributed by atoms with van der Waals surface area (Å²) in [5, 5.41) is 9.29. The lowest BCUT2D eigenvalue weighted by molar-refractivity contribution is -0.156. The van der Waals surface area contributed by atoms with Gasteiger partial charge in [-0.15, -0.1) is 0 Å². The molecular formula is C11H20O4. The molecule has 1 saturated carbocycles. The smallest absolute Gasteiger partial charge is 0.163 e. The number of fused-ring (bicyclic) bond motifs is 1. The fraction of sp³-hybridized carbons (Fsp3) is 1.00. The maximum atomic E-state index is 9.29. The van der Waals surface area contributed by atoms with Crippen LogP contribution in [0.15, 0.2) is 0 Å². The number of rotatable bonds is 2. The Morgan fingerprint density at radius 3 is 2.53 bits per heavy atom. The first-order chi connectivity index (χ1) is 7.07. The van der Waals surface area contributed by atoms with E-state index in [0.29, 0.717) is 0 Å². The fourth-order valence-corrected chi connectivity index (χ4v) is 2.62. The van der Waals surface area contributed by atoms with Gasteiger partial charge in [0.2, 0.25) is 0 Å². The monoisotopic (exact) mass is 216 g/mol. The Morgan fingerprint density at radius 1 is 1.27 bits per heavy atom. The predicted molar refractivity (Wildman–Crippen MR) is 54.4 cm³/mol. The molecule has 1 saturated heterocycles. The zero-order valence-electron chi connectivity index (χ0n) is 9.60. The molecule has 4 heteroatoms. The third-order valence-corrected chi connectivity index (χ3v) is 3.35. The van der Waals surface area contributed by atoms with Gasteiger partial charge in [-0.05, 0) is 26.7 Å². The minimum absolute atomic E-state index is 0.0244. The van der Waals surface area contributed by atoms with Crippen LogP contribution in [0.1, 0.15) is 26.7 Å². The minimum Gasteiger partial charge on any atom is -0.396 e. The summed E-state index contributed by atoms with van der Waals surface area (Å²) in [6, 6.07) is 0. The van der Waals surface area contributed by atoms with Gasteiger partial charge < -0.3 is 19.3 Å². The molecule has 2 rings (SSSR count). The van der Waals surface area contributed by atoms with Crippen molar-refractivity contribution < 1.29 is 19.3 Å². The Kier molecular flexibility index (Phi) is 3.03. The van der Waals surface area contributed by atoms with Crippen molar-refractivity contribution in [3.05, 3.63) is 0 Å². The minimum atomic E-state index is -0.552. The zero-order chi connectivity index (χ0) is 11.1. The molecule has 4 nitrogen and oxygen atoms in total. The highest BCUT2D eigenvalue weighted by Crippen LogP contribution is 2.40. The summed E-state index contributed by atoms with van der Waals surface area (Å²) in [5.41, 5.74) is 0. The van der Waals surface area contributed by atoms with Crippen LogP contribution in [0.2, 0.25) is 0 Å². The first-order valence-corrected chi connectivity index (χ1v) is 5.56. The molecule has 0 bridgehead atoms. The molecule has 0 aromatic carbocycles. The molecule has 1 heterocycles. The molecule has 0 radical (unpaired) electrons. The zero-order valence-corrected chi connectivity index (χ0v) is 9.60. The Balaban J connectivity index is 2.14. The van der Waals surface area contributed by atoms with Crippen molar-refractivity contribution in [1.29, 1.82) is 0 Å². The van der Waals surface area contributed by atoms with E-state index in [1.54, 1.807) is 7.11 Å². The molecule has 1 aliphatic carbocycles. The highest BCUT2D eigenvalue weighted by atomic mass is 16.8. The molecule has 2 aliphatic rings.